The first-order valence-corrected chi connectivity index (χ1v) is 6.27. The van der Waals surface area contributed by atoms with Crippen LogP contribution in [0.25, 0.3) is 0 Å². The third-order valence-corrected chi connectivity index (χ3v) is 3.30. The predicted octanol–water partition coefficient (Wildman–Crippen LogP) is 0.872. The highest BCUT2D eigenvalue weighted by atomic mass is 35.5. The fourth-order valence-electron chi connectivity index (χ4n) is 2.06. The average molecular weight is 298 g/mol. The van der Waals surface area contributed by atoms with Crippen LogP contribution in [0.2, 0.25) is 0 Å². The quantitative estimate of drug-likeness (QED) is 0.901. The van der Waals surface area contributed by atoms with Crippen molar-refractivity contribution in [2.75, 3.05) is 27.7 Å². The largest absolute Gasteiger partial charge is 0.347 e. The summed E-state index contributed by atoms with van der Waals surface area (Å²) in [6.07, 6.45) is 0. The first-order valence-electron chi connectivity index (χ1n) is 6.27. The Balaban J connectivity index is 0.00000200. The summed E-state index contributed by atoms with van der Waals surface area (Å²) in [5.74, 6) is -0.205. The van der Waals surface area contributed by atoms with Gasteiger partial charge in [-0.2, -0.15) is 0 Å². The monoisotopic (exact) mass is 297 g/mol. The highest BCUT2D eigenvalue weighted by Crippen LogP contribution is 2.17. The van der Waals surface area contributed by atoms with Gasteiger partial charge in [0.05, 0.1) is 6.54 Å². The van der Waals surface area contributed by atoms with Gasteiger partial charge in [0.2, 0.25) is 5.91 Å². The van der Waals surface area contributed by atoms with Crippen LogP contribution in [-0.4, -0.2) is 49.3 Å². The Hall–Kier alpha value is -1.59. The molecule has 0 saturated carbocycles. The number of carbonyl (C=O) groups excluding carboxylic acids is 2. The second-order valence-corrected chi connectivity index (χ2v) is 5.04. The maximum absolute atomic E-state index is 12.2. The molecule has 0 spiro atoms. The van der Waals surface area contributed by atoms with Gasteiger partial charge in [0.1, 0.15) is 0 Å². The lowest BCUT2D eigenvalue weighted by Gasteiger charge is -2.19. The maximum atomic E-state index is 12.2. The molecule has 110 valence electrons. The summed E-state index contributed by atoms with van der Waals surface area (Å²) in [6, 6.07) is 5.71. The number of amides is 2. The Morgan fingerprint density at radius 2 is 1.80 bits per heavy atom. The molecule has 5 nitrogen and oxygen atoms in total. The minimum absolute atomic E-state index is 0. The van der Waals surface area contributed by atoms with Gasteiger partial charge in [-0.25, -0.2) is 0 Å². The molecule has 1 aromatic rings. The summed E-state index contributed by atoms with van der Waals surface area (Å²) in [5.41, 5.74) is 3.04. The number of nitrogens with one attached hydrogen (secondary N) is 1. The fourth-order valence-corrected chi connectivity index (χ4v) is 2.06. The maximum Gasteiger partial charge on any atom is 0.254 e. The molecule has 2 rings (SSSR count). The van der Waals surface area contributed by atoms with Crippen molar-refractivity contribution in [1.29, 1.82) is 0 Å². The van der Waals surface area contributed by atoms with Gasteiger partial charge in [-0.05, 0) is 23.3 Å². The molecule has 1 aliphatic heterocycles. The summed E-state index contributed by atoms with van der Waals surface area (Å²) in [6.45, 7) is 1.76. The average Bonchev–Trinajstić information content (AvgIpc) is 2.84. The second-order valence-electron chi connectivity index (χ2n) is 5.04. The van der Waals surface area contributed by atoms with Gasteiger partial charge in [0.15, 0.2) is 0 Å². The molecule has 1 N–H and O–H groups in total. The van der Waals surface area contributed by atoms with Crippen molar-refractivity contribution >= 4 is 24.2 Å². The van der Waals surface area contributed by atoms with Crippen LogP contribution in [0.4, 0.5) is 0 Å². The Kier molecular flexibility index (Phi) is 5.53. The van der Waals surface area contributed by atoms with Crippen molar-refractivity contribution in [1.82, 2.24) is 15.1 Å². The summed E-state index contributed by atoms with van der Waals surface area (Å²) in [5, 5.41) is 3.24. The van der Waals surface area contributed by atoms with Gasteiger partial charge in [-0.15, -0.1) is 12.4 Å². The SMILES string of the molecule is CN(C)C(=O)CN(C)C(=O)c1ccc2c(c1)CNC2.Cl. The van der Waals surface area contributed by atoms with Gasteiger partial charge in [-0.1, -0.05) is 6.07 Å². The molecule has 0 radical (unpaired) electrons. The third-order valence-electron chi connectivity index (χ3n) is 3.30. The van der Waals surface area contributed by atoms with Gasteiger partial charge < -0.3 is 15.1 Å². The van der Waals surface area contributed by atoms with Crippen LogP contribution in [0, 0.1) is 0 Å². The fraction of sp³-hybridized carbons (Fsp3) is 0.429. The summed E-state index contributed by atoms with van der Waals surface area (Å²) in [4.78, 5) is 26.8. The smallest absolute Gasteiger partial charge is 0.254 e. The summed E-state index contributed by atoms with van der Waals surface area (Å²) < 4.78 is 0. The van der Waals surface area contributed by atoms with E-state index in [1.165, 1.54) is 15.4 Å². The number of fused-ring (bicyclic) bond motifs is 1. The van der Waals surface area contributed by atoms with E-state index >= 15 is 0 Å². The molecule has 0 atom stereocenters. The minimum atomic E-state index is -0.120. The molecule has 1 aliphatic rings. The molecular formula is C14H20ClN3O2. The number of halogens is 1. The van der Waals surface area contributed by atoms with E-state index in [2.05, 4.69) is 5.32 Å². The number of carbonyl (C=O) groups is 2. The molecule has 2 amide bonds. The minimum Gasteiger partial charge on any atom is -0.347 e. The number of rotatable bonds is 3. The molecule has 0 bridgehead atoms. The Morgan fingerprint density at radius 1 is 1.15 bits per heavy atom. The van der Waals surface area contributed by atoms with Crippen LogP contribution in [0.1, 0.15) is 21.5 Å². The molecule has 1 aromatic carbocycles. The Labute approximate surface area is 125 Å². The zero-order chi connectivity index (χ0) is 14.0. The van der Waals surface area contributed by atoms with Crippen molar-refractivity contribution in [3.05, 3.63) is 34.9 Å². The summed E-state index contributed by atoms with van der Waals surface area (Å²) in [7, 11) is 5.01. The van der Waals surface area contributed by atoms with E-state index in [4.69, 9.17) is 0 Å². The molecular weight excluding hydrogens is 278 g/mol. The van der Waals surface area contributed by atoms with E-state index in [0.717, 1.165) is 18.7 Å². The zero-order valence-electron chi connectivity index (χ0n) is 12.0. The van der Waals surface area contributed by atoms with Crippen molar-refractivity contribution in [2.24, 2.45) is 0 Å². The number of likely N-dealkylation sites (N-methyl/N-ethyl adjacent to an activating group) is 2. The highest BCUT2D eigenvalue weighted by molar-refractivity contribution is 5.96. The number of hydrogen-bond acceptors (Lipinski definition) is 3. The van der Waals surface area contributed by atoms with Gasteiger partial charge >= 0.3 is 0 Å². The van der Waals surface area contributed by atoms with Crippen LogP contribution in [0.5, 0.6) is 0 Å². The van der Waals surface area contributed by atoms with E-state index in [-0.39, 0.29) is 30.8 Å². The zero-order valence-corrected chi connectivity index (χ0v) is 12.8. The van der Waals surface area contributed by atoms with E-state index < -0.39 is 0 Å². The molecule has 0 saturated heterocycles. The van der Waals surface area contributed by atoms with E-state index in [1.807, 2.05) is 18.2 Å². The predicted molar refractivity (Wildman–Crippen MR) is 79.9 cm³/mol. The van der Waals surface area contributed by atoms with Crippen molar-refractivity contribution in [2.45, 2.75) is 13.1 Å². The van der Waals surface area contributed by atoms with E-state index in [9.17, 15) is 9.59 Å². The van der Waals surface area contributed by atoms with Crippen LogP contribution in [0.3, 0.4) is 0 Å². The van der Waals surface area contributed by atoms with Crippen LogP contribution in [-0.2, 0) is 17.9 Å². The number of nitrogens with zero attached hydrogens (tertiary/aromatic N) is 2. The number of benzene rings is 1. The van der Waals surface area contributed by atoms with Crippen molar-refractivity contribution in [3.8, 4) is 0 Å². The first-order chi connectivity index (χ1) is 8.99. The first kappa shape index (κ1) is 16.5. The van der Waals surface area contributed by atoms with Crippen molar-refractivity contribution in [3.63, 3.8) is 0 Å². The summed E-state index contributed by atoms with van der Waals surface area (Å²) >= 11 is 0. The van der Waals surface area contributed by atoms with Gasteiger partial charge in [-0.3, -0.25) is 9.59 Å². The highest BCUT2D eigenvalue weighted by Gasteiger charge is 2.18. The van der Waals surface area contributed by atoms with Gasteiger partial charge in [0.25, 0.3) is 5.91 Å². The Morgan fingerprint density at radius 3 is 2.45 bits per heavy atom. The normalized spacial score (nSPS) is 12.3. The lowest BCUT2D eigenvalue weighted by Crippen LogP contribution is -2.37. The molecule has 1 heterocycles. The molecule has 6 heteroatoms. The Bertz CT molecular complexity index is 517. The van der Waals surface area contributed by atoms with E-state index in [0.29, 0.717) is 5.56 Å². The van der Waals surface area contributed by atoms with Crippen LogP contribution >= 0.6 is 12.4 Å². The van der Waals surface area contributed by atoms with Crippen molar-refractivity contribution < 1.29 is 9.59 Å². The molecule has 20 heavy (non-hydrogen) atoms. The number of hydrogen-bond donors (Lipinski definition) is 1. The lowest BCUT2D eigenvalue weighted by atomic mass is 10.1. The molecule has 0 aromatic heterocycles. The lowest BCUT2D eigenvalue weighted by molar-refractivity contribution is -0.129. The third kappa shape index (κ3) is 3.49. The second kappa shape index (κ2) is 6.72. The van der Waals surface area contributed by atoms with Crippen LogP contribution < -0.4 is 5.32 Å². The molecule has 0 aliphatic carbocycles. The molecule has 0 unspecified atom stereocenters. The molecule has 0 fully saturated rings. The standard InChI is InChI=1S/C14H19N3O2.ClH/c1-16(2)13(18)9-17(3)14(19)10-4-5-11-7-15-8-12(11)6-10;/h4-6,15H,7-9H2,1-3H3;1H. The topological polar surface area (TPSA) is 52.7 Å². The van der Waals surface area contributed by atoms with Gasteiger partial charge in [0, 0.05) is 39.8 Å². The van der Waals surface area contributed by atoms with E-state index in [1.54, 1.807) is 21.1 Å². The van der Waals surface area contributed by atoms with Crippen LogP contribution in [0.15, 0.2) is 18.2 Å².